The maximum absolute atomic E-state index is 12.7. The summed E-state index contributed by atoms with van der Waals surface area (Å²) in [7, 11) is -3.18. The summed E-state index contributed by atoms with van der Waals surface area (Å²) < 4.78 is 25.3. The van der Waals surface area contributed by atoms with Crippen LogP contribution in [0.1, 0.15) is 63.4 Å². The summed E-state index contributed by atoms with van der Waals surface area (Å²) in [6, 6.07) is 6.96. The molecule has 2 amide bonds. The topological polar surface area (TPSA) is 92.3 Å². The maximum Gasteiger partial charge on any atom is 0.243 e. The lowest BCUT2D eigenvalue weighted by Gasteiger charge is -2.21. The van der Waals surface area contributed by atoms with Gasteiger partial charge in [0.2, 0.25) is 11.8 Å². The van der Waals surface area contributed by atoms with Crippen LogP contribution in [0, 0.1) is 5.92 Å². The molecular weight excluding hydrogens is 376 g/mol. The number of anilines is 1. The van der Waals surface area contributed by atoms with Crippen molar-refractivity contribution in [3.63, 3.8) is 0 Å². The average molecular weight is 407 g/mol. The van der Waals surface area contributed by atoms with Crippen LogP contribution in [-0.2, 0) is 25.2 Å². The van der Waals surface area contributed by atoms with Crippen LogP contribution in [0.3, 0.4) is 0 Å². The predicted molar refractivity (Wildman–Crippen MR) is 110 cm³/mol. The fraction of sp³-hybridized carbons (Fsp3) is 0.619. The Morgan fingerprint density at radius 2 is 1.64 bits per heavy atom. The van der Waals surface area contributed by atoms with Gasteiger partial charge in [-0.3, -0.25) is 9.59 Å². The molecule has 0 spiro atoms. The molecule has 0 heterocycles. The summed E-state index contributed by atoms with van der Waals surface area (Å²) in [6.07, 6.45) is 8.50. The summed E-state index contributed by atoms with van der Waals surface area (Å²) in [5.74, 6) is -0.334. The van der Waals surface area contributed by atoms with E-state index < -0.39 is 9.84 Å². The SMILES string of the molecule is O=C(CNC(=O)C1CCCC1)Nc1cccc(CS(=O)(=O)C2CCCCC2)c1. The molecule has 0 aromatic heterocycles. The molecular formula is C21H30N2O4S. The fourth-order valence-corrected chi connectivity index (χ4v) is 6.15. The maximum atomic E-state index is 12.7. The van der Waals surface area contributed by atoms with Crippen molar-refractivity contribution in [2.75, 3.05) is 11.9 Å². The van der Waals surface area contributed by atoms with Gasteiger partial charge in [-0.25, -0.2) is 8.42 Å². The van der Waals surface area contributed by atoms with Gasteiger partial charge in [0.1, 0.15) is 0 Å². The predicted octanol–water partition coefficient (Wildman–Crippen LogP) is 3.18. The summed E-state index contributed by atoms with van der Waals surface area (Å²) in [6.45, 7) is -0.0695. The molecule has 3 rings (SSSR count). The van der Waals surface area contributed by atoms with E-state index in [1.54, 1.807) is 24.3 Å². The second-order valence-corrected chi connectivity index (χ2v) is 10.3. The van der Waals surface area contributed by atoms with Crippen LogP contribution in [0.25, 0.3) is 0 Å². The normalized spacial score (nSPS) is 18.7. The number of carbonyl (C=O) groups is 2. The zero-order valence-corrected chi connectivity index (χ0v) is 17.1. The molecule has 0 aliphatic heterocycles. The molecule has 1 aromatic rings. The van der Waals surface area contributed by atoms with Gasteiger partial charge in [-0.2, -0.15) is 0 Å². The van der Waals surface area contributed by atoms with E-state index in [2.05, 4.69) is 10.6 Å². The van der Waals surface area contributed by atoms with Crippen molar-refractivity contribution in [3.8, 4) is 0 Å². The standard InChI is InChI=1S/C21H30N2O4S/c24-20(14-22-21(25)17-8-4-5-9-17)23-18-10-6-7-16(13-18)15-28(26,27)19-11-2-1-3-12-19/h6-7,10,13,17,19H,1-5,8-9,11-12,14-15H2,(H,22,25)(H,23,24). The van der Waals surface area contributed by atoms with E-state index in [9.17, 15) is 18.0 Å². The Kier molecular flexibility index (Phi) is 7.10. The molecule has 0 saturated heterocycles. The van der Waals surface area contributed by atoms with Gasteiger partial charge in [0.15, 0.2) is 9.84 Å². The highest BCUT2D eigenvalue weighted by Crippen LogP contribution is 2.27. The first-order valence-corrected chi connectivity index (χ1v) is 12.0. The summed E-state index contributed by atoms with van der Waals surface area (Å²) in [5.41, 5.74) is 1.23. The van der Waals surface area contributed by atoms with Crippen molar-refractivity contribution in [3.05, 3.63) is 29.8 Å². The third-order valence-electron chi connectivity index (χ3n) is 5.79. The first-order valence-electron chi connectivity index (χ1n) is 10.3. The number of amides is 2. The Hall–Kier alpha value is -1.89. The number of benzene rings is 1. The first-order chi connectivity index (χ1) is 13.4. The van der Waals surface area contributed by atoms with Crippen LogP contribution in [0.4, 0.5) is 5.69 Å². The van der Waals surface area contributed by atoms with Crippen LogP contribution in [-0.4, -0.2) is 32.0 Å². The molecule has 1 aromatic carbocycles. The Morgan fingerprint density at radius 1 is 0.964 bits per heavy atom. The van der Waals surface area contributed by atoms with Gasteiger partial charge in [0, 0.05) is 11.6 Å². The van der Waals surface area contributed by atoms with E-state index >= 15 is 0 Å². The number of carbonyl (C=O) groups excluding carboxylic acids is 2. The van der Waals surface area contributed by atoms with E-state index in [4.69, 9.17) is 0 Å². The summed E-state index contributed by atoms with van der Waals surface area (Å²) >= 11 is 0. The van der Waals surface area contributed by atoms with E-state index in [-0.39, 0.29) is 35.3 Å². The van der Waals surface area contributed by atoms with Gasteiger partial charge < -0.3 is 10.6 Å². The molecule has 28 heavy (non-hydrogen) atoms. The molecule has 7 heteroatoms. The minimum Gasteiger partial charge on any atom is -0.347 e. The second-order valence-electron chi connectivity index (χ2n) is 8.01. The molecule has 2 aliphatic rings. The minimum atomic E-state index is -3.18. The van der Waals surface area contributed by atoms with Gasteiger partial charge in [0.25, 0.3) is 0 Å². The Bertz CT molecular complexity index is 794. The van der Waals surface area contributed by atoms with Crippen LogP contribution < -0.4 is 10.6 Å². The molecule has 0 atom stereocenters. The van der Waals surface area contributed by atoms with Gasteiger partial charge >= 0.3 is 0 Å². The Labute approximate surface area is 167 Å². The molecule has 2 aliphatic carbocycles. The van der Waals surface area contributed by atoms with Crippen LogP contribution in [0.15, 0.2) is 24.3 Å². The van der Waals surface area contributed by atoms with Gasteiger partial charge in [-0.1, -0.05) is 44.2 Å². The van der Waals surface area contributed by atoms with E-state index in [0.717, 1.165) is 57.8 Å². The highest BCUT2D eigenvalue weighted by atomic mass is 32.2. The zero-order chi connectivity index (χ0) is 20.0. The minimum absolute atomic E-state index is 0.000205. The monoisotopic (exact) mass is 406 g/mol. The average Bonchev–Trinajstić information content (AvgIpc) is 3.22. The first kappa shape index (κ1) is 20.8. The van der Waals surface area contributed by atoms with E-state index in [0.29, 0.717) is 11.3 Å². The number of hydrogen-bond donors (Lipinski definition) is 2. The highest BCUT2D eigenvalue weighted by Gasteiger charge is 2.27. The molecule has 0 radical (unpaired) electrons. The van der Waals surface area contributed by atoms with Crippen molar-refractivity contribution in [2.45, 2.75) is 68.8 Å². The van der Waals surface area contributed by atoms with Crippen molar-refractivity contribution in [1.82, 2.24) is 5.32 Å². The van der Waals surface area contributed by atoms with Crippen LogP contribution in [0.5, 0.6) is 0 Å². The smallest absolute Gasteiger partial charge is 0.243 e. The molecule has 0 bridgehead atoms. The molecule has 6 nitrogen and oxygen atoms in total. The number of sulfone groups is 1. The van der Waals surface area contributed by atoms with Crippen LogP contribution in [0.2, 0.25) is 0 Å². The van der Waals surface area contributed by atoms with Crippen molar-refractivity contribution < 1.29 is 18.0 Å². The zero-order valence-electron chi connectivity index (χ0n) is 16.3. The second kappa shape index (κ2) is 9.54. The molecule has 0 unspecified atom stereocenters. The third kappa shape index (κ3) is 5.80. The van der Waals surface area contributed by atoms with Crippen molar-refractivity contribution in [2.24, 2.45) is 5.92 Å². The van der Waals surface area contributed by atoms with Gasteiger partial charge in [-0.15, -0.1) is 0 Å². The molecule has 2 saturated carbocycles. The van der Waals surface area contributed by atoms with E-state index in [1.807, 2.05) is 0 Å². The van der Waals surface area contributed by atoms with Crippen LogP contribution >= 0.6 is 0 Å². The Morgan fingerprint density at radius 3 is 2.36 bits per heavy atom. The van der Waals surface area contributed by atoms with Crippen molar-refractivity contribution >= 4 is 27.3 Å². The molecule has 154 valence electrons. The fourth-order valence-electron chi connectivity index (χ4n) is 4.22. The largest absolute Gasteiger partial charge is 0.347 e. The quantitative estimate of drug-likeness (QED) is 0.727. The number of nitrogens with one attached hydrogen (secondary N) is 2. The Balaban J connectivity index is 1.52. The van der Waals surface area contributed by atoms with Crippen molar-refractivity contribution in [1.29, 1.82) is 0 Å². The lowest BCUT2D eigenvalue weighted by Crippen LogP contribution is -2.36. The lowest BCUT2D eigenvalue weighted by atomic mass is 10.0. The number of hydrogen-bond acceptors (Lipinski definition) is 4. The highest BCUT2D eigenvalue weighted by molar-refractivity contribution is 7.91. The summed E-state index contributed by atoms with van der Waals surface area (Å²) in [4.78, 5) is 24.1. The van der Waals surface area contributed by atoms with Gasteiger partial charge in [0.05, 0.1) is 17.5 Å². The third-order valence-corrected chi connectivity index (χ3v) is 8.01. The molecule has 2 fully saturated rings. The number of rotatable bonds is 7. The molecule has 2 N–H and O–H groups in total. The summed E-state index contributed by atoms with van der Waals surface area (Å²) in [5, 5.41) is 5.19. The lowest BCUT2D eigenvalue weighted by molar-refractivity contribution is -0.127. The van der Waals surface area contributed by atoms with E-state index in [1.165, 1.54) is 0 Å². The van der Waals surface area contributed by atoms with Gasteiger partial charge in [-0.05, 0) is 43.4 Å².